The molecule has 0 aromatic rings. The van der Waals surface area contributed by atoms with Gasteiger partial charge < -0.3 is 7.96 Å². The molecule has 0 unspecified atom stereocenters. The number of carboxylic acid groups (broad SMARTS) is 1. The summed E-state index contributed by atoms with van der Waals surface area (Å²) < 4.78 is 0. The molecule has 0 amide bonds. The Balaban J connectivity index is -0.00000000333. The normalized spacial score (nSPS) is 2.40. The monoisotopic (exact) mass is 62.1 g/mol. The van der Waals surface area contributed by atoms with Gasteiger partial charge in [0, 0.05) is 0 Å². The van der Waals surface area contributed by atoms with Gasteiger partial charge in [-0.1, -0.05) is 0 Å². The molecule has 4 heteroatoms. The zero-order chi connectivity index (χ0) is 2.71. The molecule has 1 N–H and O–H groups in total. The SMILES string of the molecule is O=CO.[H-].[H-].[Li+].[Li+]. The molecule has 0 saturated carbocycles. The van der Waals surface area contributed by atoms with Crippen LogP contribution in [-0.2, 0) is 4.79 Å². The molecule has 0 aliphatic carbocycles. The maximum absolute atomic E-state index is 8.36. The van der Waals surface area contributed by atoms with E-state index in [1.165, 1.54) is 0 Å². The molecule has 0 aliphatic heterocycles. The molecule has 0 spiro atoms. The van der Waals surface area contributed by atoms with Crippen LogP contribution in [-0.4, -0.2) is 11.6 Å². The largest absolute Gasteiger partial charge is 1.00 e. The zero-order valence-electron chi connectivity index (χ0n) is 5.43. The first-order valence-electron chi connectivity index (χ1n) is 0.494. The van der Waals surface area contributed by atoms with Crippen molar-refractivity contribution >= 4 is 6.47 Å². The summed E-state index contributed by atoms with van der Waals surface area (Å²) in [7, 11) is 0. The third-order valence-corrected chi connectivity index (χ3v) is 0. The topological polar surface area (TPSA) is 37.3 Å². The third-order valence-electron chi connectivity index (χ3n) is 0. The Labute approximate surface area is 57.3 Å². The van der Waals surface area contributed by atoms with Crippen LogP contribution in [0.25, 0.3) is 0 Å². The van der Waals surface area contributed by atoms with Crippen molar-refractivity contribution in [2.45, 2.75) is 0 Å². The summed E-state index contributed by atoms with van der Waals surface area (Å²) in [4.78, 5) is 8.36. The molecule has 5 heavy (non-hydrogen) atoms. The second kappa shape index (κ2) is 22.6. The molecular weight excluding hydrogens is 57.9 g/mol. The molecular formula is CH4Li2O2. The second-order valence-corrected chi connectivity index (χ2v) is 0.105. The van der Waals surface area contributed by atoms with Crippen molar-refractivity contribution in [3.05, 3.63) is 0 Å². The summed E-state index contributed by atoms with van der Waals surface area (Å²) in [5, 5.41) is 6.89. The van der Waals surface area contributed by atoms with Crippen molar-refractivity contribution in [1.82, 2.24) is 0 Å². The van der Waals surface area contributed by atoms with Crippen LogP contribution in [0.4, 0.5) is 0 Å². The molecule has 0 fully saturated rings. The van der Waals surface area contributed by atoms with Crippen LogP contribution >= 0.6 is 0 Å². The Hall–Kier alpha value is 0.665. The van der Waals surface area contributed by atoms with Gasteiger partial charge in [0.05, 0.1) is 0 Å². The van der Waals surface area contributed by atoms with E-state index in [1.54, 1.807) is 0 Å². The van der Waals surface area contributed by atoms with Crippen molar-refractivity contribution in [3.63, 3.8) is 0 Å². The first-order valence-corrected chi connectivity index (χ1v) is 0.494. The average Bonchev–Trinajstić information content (AvgIpc) is 0.918. The Morgan fingerprint density at radius 1 is 1.60 bits per heavy atom. The standard InChI is InChI=1S/CH2O2.2Li.2H/c2-1-3;;;;/h1H,(H,2,3);;;;/q;2*+1;2*-1. The molecule has 0 aliphatic rings. The van der Waals surface area contributed by atoms with Crippen LogP contribution in [0.15, 0.2) is 0 Å². The molecule has 2 nitrogen and oxygen atoms in total. The molecule has 0 saturated heterocycles. The van der Waals surface area contributed by atoms with Gasteiger partial charge in [-0.2, -0.15) is 0 Å². The van der Waals surface area contributed by atoms with Gasteiger partial charge in [-0.25, -0.2) is 0 Å². The molecule has 0 radical (unpaired) electrons. The van der Waals surface area contributed by atoms with Crippen LogP contribution in [0, 0.1) is 0 Å². The van der Waals surface area contributed by atoms with Crippen molar-refractivity contribution in [3.8, 4) is 0 Å². The van der Waals surface area contributed by atoms with E-state index in [9.17, 15) is 0 Å². The van der Waals surface area contributed by atoms with Crippen LogP contribution in [0.3, 0.4) is 0 Å². The summed E-state index contributed by atoms with van der Waals surface area (Å²) >= 11 is 0. The Kier molecular flexibility index (Phi) is 78.5. The van der Waals surface area contributed by atoms with E-state index in [4.69, 9.17) is 9.90 Å². The van der Waals surface area contributed by atoms with Crippen LogP contribution in [0.2, 0.25) is 0 Å². The molecule has 0 atom stereocenters. The third kappa shape index (κ3) is 75.0. The minimum Gasteiger partial charge on any atom is -1.00 e. The van der Waals surface area contributed by atoms with Gasteiger partial charge in [-0.05, 0) is 0 Å². The average molecular weight is 61.9 g/mol. The zero-order valence-corrected chi connectivity index (χ0v) is 3.43. The summed E-state index contributed by atoms with van der Waals surface area (Å²) in [6, 6.07) is 0. The maximum atomic E-state index is 8.36. The maximum Gasteiger partial charge on any atom is 1.00 e. The first kappa shape index (κ1) is 17.4. The summed E-state index contributed by atoms with van der Waals surface area (Å²) in [5.41, 5.74) is 0. The van der Waals surface area contributed by atoms with Crippen molar-refractivity contribution in [2.75, 3.05) is 0 Å². The van der Waals surface area contributed by atoms with Gasteiger partial charge in [-0.3, -0.25) is 4.79 Å². The van der Waals surface area contributed by atoms with E-state index in [0.29, 0.717) is 0 Å². The summed E-state index contributed by atoms with van der Waals surface area (Å²) in [5.74, 6) is 0. The Morgan fingerprint density at radius 3 is 1.60 bits per heavy atom. The molecule has 22 valence electrons. The summed E-state index contributed by atoms with van der Waals surface area (Å²) in [6.07, 6.45) is 0. The Morgan fingerprint density at radius 2 is 1.60 bits per heavy atom. The predicted molar refractivity (Wildman–Crippen MR) is 10.9 cm³/mol. The van der Waals surface area contributed by atoms with E-state index in [0.717, 1.165) is 0 Å². The summed E-state index contributed by atoms with van der Waals surface area (Å²) in [6.45, 7) is -0.250. The fourth-order valence-corrected chi connectivity index (χ4v) is 0. The number of rotatable bonds is 0. The van der Waals surface area contributed by atoms with E-state index < -0.39 is 0 Å². The van der Waals surface area contributed by atoms with E-state index in [-0.39, 0.29) is 47.0 Å². The van der Waals surface area contributed by atoms with Crippen molar-refractivity contribution < 1.29 is 50.5 Å². The molecule has 0 heterocycles. The number of carbonyl (C=O) groups is 1. The Bertz CT molecular complexity index is 21.2. The minimum atomic E-state index is -0.250. The second-order valence-electron chi connectivity index (χ2n) is 0.105. The van der Waals surface area contributed by atoms with Gasteiger partial charge in [0.15, 0.2) is 0 Å². The quantitative estimate of drug-likeness (QED) is 0.224. The molecule has 0 bridgehead atoms. The number of hydrogen-bond donors (Lipinski definition) is 1. The van der Waals surface area contributed by atoms with Crippen molar-refractivity contribution in [1.29, 1.82) is 0 Å². The smallest absolute Gasteiger partial charge is 1.00 e. The molecule has 0 aromatic carbocycles. The molecule has 0 aromatic heterocycles. The fourth-order valence-electron chi connectivity index (χ4n) is 0. The van der Waals surface area contributed by atoms with Crippen molar-refractivity contribution in [2.24, 2.45) is 0 Å². The predicted octanol–water partition coefficient (Wildman–Crippen LogP) is -6.07. The molecule has 0 rings (SSSR count). The van der Waals surface area contributed by atoms with Gasteiger partial charge in [0.2, 0.25) is 0 Å². The van der Waals surface area contributed by atoms with E-state index in [2.05, 4.69) is 0 Å². The van der Waals surface area contributed by atoms with Gasteiger partial charge in [0.25, 0.3) is 6.47 Å². The van der Waals surface area contributed by atoms with Gasteiger partial charge in [-0.15, -0.1) is 0 Å². The number of hydrogen-bond acceptors (Lipinski definition) is 1. The van der Waals surface area contributed by atoms with Crippen LogP contribution in [0.1, 0.15) is 2.85 Å². The van der Waals surface area contributed by atoms with Gasteiger partial charge >= 0.3 is 37.7 Å². The van der Waals surface area contributed by atoms with Gasteiger partial charge in [0.1, 0.15) is 0 Å². The van der Waals surface area contributed by atoms with Crippen LogP contribution in [0.5, 0.6) is 0 Å². The minimum absolute atomic E-state index is 0. The van der Waals surface area contributed by atoms with E-state index >= 15 is 0 Å². The first-order chi connectivity index (χ1) is 1.41. The fraction of sp³-hybridized carbons (Fsp3) is 0. The van der Waals surface area contributed by atoms with E-state index in [1.807, 2.05) is 0 Å². The van der Waals surface area contributed by atoms with Crippen LogP contribution < -0.4 is 37.7 Å².